The van der Waals surface area contributed by atoms with Gasteiger partial charge >= 0.3 is 6.09 Å². The lowest BCUT2D eigenvalue weighted by atomic mass is 9.75. The van der Waals surface area contributed by atoms with Gasteiger partial charge < -0.3 is 87.7 Å². The van der Waals surface area contributed by atoms with Gasteiger partial charge in [-0.25, -0.2) is 4.79 Å². The number of nitrogens with one attached hydrogen (secondary N) is 3. The summed E-state index contributed by atoms with van der Waals surface area (Å²) in [6.45, 7) is 9.35. The number of ether oxygens (including phenoxy) is 12. The van der Waals surface area contributed by atoms with Crippen LogP contribution in [0.5, 0.6) is 17.2 Å². The van der Waals surface area contributed by atoms with Crippen LogP contribution in [-0.2, 0) is 52.3 Å². The van der Waals surface area contributed by atoms with Crippen LogP contribution in [0.1, 0.15) is 62.9 Å². The number of hydroxylamine groups is 1. The van der Waals surface area contributed by atoms with Crippen molar-refractivity contribution in [2.75, 3.05) is 60.7 Å². The number of aliphatic hydroxyl groups is 5. The summed E-state index contributed by atoms with van der Waals surface area (Å²) in [5.74, 6) is 11.2. The molecule has 1 aromatic carbocycles. The Morgan fingerprint density at radius 1 is 0.881 bits per heavy atom. The molecule has 4 fully saturated rings. The molecular formula is C55H74BrN3O21S4. The Balaban J connectivity index is 1.12. The molecule has 84 heavy (non-hydrogen) atoms. The maximum absolute atomic E-state index is 14.4. The van der Waals surface area contributed by atoms with E-state index in [-0.39, 0.29) is 75.7 Å². The van der Waals surface area contributed by atoms with Gasteiger partial charge in [-0.3, -0.25) is 19.7 Å². The van der Waals surface area contributed by atoms with E-state index in [1.807, 2.05) is 13.2 Å². The predicted octanol–water partition coefficient (Wildman–Crippen LogP) is 3.35. The number of aliphatic hydroxyl groups excluding tert-OH is 4. The number of allylic oxidation sites excluding steroid dienone is 3. The minimum atomic E-state index is -2.06. The van der Waals surface area contributed by atoms with Gasteiger partial charge in [0.2, 0.25) is 17.2 Å². The Hall–Kier alpha value is -3.19. The van der Waals surface area contributed by atoms with E-state index in [0.29, 0.717) is 17.9 Å². The van der Waals surface area contributed by atoms with E-state index in [1.54, 1.807) is 40.9 Å². The standard InChI is InChI=1S/C55H74BrN3O21S4/c1-12-57-30-24-73-35(22-34(30)68-6)78-48-43(63)40(26(3)75-53(48)77-33-17-15-13-14-16-19-55(67)23-32(61)41(58-54(66)72-10)38(33)29(55)18-20-82-84-81-11)59-80-36-21-31(60)50(28(5)74-36)83-51(65)37-25(2)39(56)46(49(71-9)45(37)69-7)79-52-44(64)47(70-8)42(62)27(4)76-52/h13-14,18,26-28,30-31,33-36,40,42-44,47-48,50,52-53,57,59-60,62-64,67H,12,20-24H2,1-11H3,(H,58,66). The van der Waals surface area contributed by atoms with Crippen molar-refractivity contribution >= 4 is 76.1 Å². The average Bonchev–Trinajstić information content (AvgIpc) is 1.36. The smallest absolute Gasteiger partial charge is 0.411 e. The Morgan fingerprint density at radius 3 is 2.27 bits per heavy atom. The molecule has 19 unspecified atom stereocenters. The zero-order valence-electron chi connectivity index (χ0n) is 48.1. The van der Waals surface area contributed by atoms with Crippen molar-refractivity contribution in [3.05, 3.63) is 50.7 Å². The molecule has 19 atom stereocenters. The Kier molecular flexibility index (Phi) is 25.5. The molecule has 29 heteroatoms. The van der Waals surface area contributed by atoms with Gasteiger partial charge in [-0.05, 0) is 84.0 Å². The first-order valence-electron chi connectivity index (χ1n) is 26.9. The van der Waals surface area contributed by atoms with E-state index in [2.05, 4.69) is 55.7 Å². The van der Waals surface area contributed by atoms with E-state index in [4.69, 9.17) is 61.7 Å². The van der Waals surface area contributed by atoms with Crippen molar-refractivity contribution in [2.45, 2.75) is 169 Å². The fraction of sp³-hybridized carbons (Fsp3) is 0.655. The second kappa shape index (κ2) is 31.3. The van der Waals surface area contributed by atoms with E-state index in [9.17, 15) is 39.9 Å². The van der Waals surface area contributed by atoms with E-state index in [1.165, 1.54) is 64.9 Å². The third-order valence-electron chi connectivity index (χ3n) is 14.8. The fourth-order valence-corrected chi connectivity index (χ4v) is 14.5. The topological polar surface area (TPSA) is 308 Å². The molecule has 7 rings (SSSR count). The highest BCUT2D eigenvalue weighted by Crippen LogP contribution is 2.51. The van der Waals surface area contributed by atoms with Crippen molar-refractivity contribution in [2.24, 2.45) is 0 Å². The molecule has 0 aromatic heterocycles. The quantitative estimate of drug-likeness (QED) is 0.0357. The summed E-state index contributed by atoms with van der Waals surface area (Å²) in [6.07, 6.45) is -12.0. The van der Waals surface area contributed by atoms with Gasteiger partial charge in [0.15, 0.2) is 41.8 Å². The Labute approximate surface area is 512 Å². The van der Waals surface area contributed by atoms with Gasteiger partial charge in [-0.15, -0.1) is 0 Å². The van der Waals surface area contributed by atoms with Crippen molar-refractivity contribution in [1.82, 2.24) is 16.1 Å². The minimum Gasteiger partial charge on any atom is -0.492 e. The van der Waals surface area contributed by atoms with E-state index >= 15 is 0 Å². The summed E-state index contributed by atoms with van der Waals surface area (Å²) in [5.41, 5.74) is 1.18. The highest BCUT2D eigenvalue weighted by Gasteiger charge is 2.52. The molecule has 6 aliphatic rings. The first kappa shape index (κ1) is 68.3. The summed E-state index contributed by atoms with van der Waals surface area (Å²) in [5, 5.41) is 62.6. The Bertz CT molecular complexity index is 2710. The molecule has 1 aromatic rings. The van der Waals surface area contributed by atoms with Crippen LogP contribution in [0.3, 0.4) is 0 Å². The van der Waals surface area contributed by atoms with Crippen molar-refractivity contribution in [3.8, 4) is 40.9 Å². The summed E-state index contributed by atoms with van der Waals surface area (Å²) in [4.78, 5) is 47.5. The number of hydrogen-bond acceptors (Lipinski definition) is 27. The van der Waals surface area contributed by atoms with Gasteiger partial charge in [0.05, 0.1) is 97.9 Å². The maximum atomic E-state index is 14.4. The first-order valence-corrected chi connectivity index (χ1v) is 32.6. The molecule has 2 aliphatic carbocycles. The molecule has 2 bridgehead atoms. The maximum Gasteiger partial charge on any atom is 0.411 e. The van der Waals surface area contributed by atoms with Crippen molar-refractivity contribution in [1.29, 1.82) is 0 Å². The number of rotatable bonds is 22. The van der Waals surface area contributed by atoms with Crippen molar-refractivity contribution in [3.63, 3.8) is 0 Å². The molecule has 0 radical (unpaired) electrons. The van der Waals surface area contributed by atoms with Gasteiger partial charge in [-0.2, -0.15) is 5.48 Å². The molecule has 4 heterocycles. The van der Waals surface area contributed by atoms with Crippen LogP contribution in [0.2, 0.25) is 0 Å². The summed E-state index contributed by atoms with van der Waals surface area (Å²) in [7, 11) is 11.2. The molecule has 0 spiro atoms. The van der Waals surface area contributed by atoms with Crippen LogP contribution in [0.25, 0.3) is 0 Å². The zero-order chi connectivity index (χ0) is 61.2. The van der Waals surface area contributed by atoms with Gasteiger partial charge in [0.25, 0.3) is 0 Å². The molecule has 1 amide bonds. The first-order chi connectivity index (χ1) is 40.2. The summed E-state index contributed by atoms with van der Waals surface area (Å²) < 4.78 is 72.2. The fourth-order valence-electron chi connectivity index (χ4n) is 10.5. The number of fused-ring (bicyclic) bond motifs is 2. The van der Waals surface area contributed by atoms with Crippen molar-refractivity contribution < 1.29 is 102 Å². The molecule has 466 valence electrons. The molecule has 4 aliphatic heterocycles. The number of carbonyl (C=O) groups is 3. The van der Waals surface area contributed by atoms with E-state index < -0.39 is 127 Å². The lowest BCUT2D eigenvalue weighted by Gasteiger charge is -2.46. The van der Waals surface area contributed by atoms with Crippen LogP contribution >= 0.6 is 59.1 Å². The van der Waals surface area contributed by atoms with Crippen LogP contribution in [0.15, 0.2) is 39.5 Å². The monoisotopic (exact) mass is 1320 g/mol. The summed E-state index contributed by atoms with van der Waals surface area (Å²) in [6, 6.07) is -1.27. The number of hydrogen-bond donors (Lipinski definition) is 8. The number of carbonyl (C=O) groups excluding carboxylic acids is 3. The normalized spacial score (nSPS) is 35.5. The number of likely N-dealkylation sites (N-methyl/N-ethyl adjacent to an activating group) is 1. The third-order valence-corrected chi connectivity index (χ3v) is 20.8. The number of benzene rings is 1. The third kappa shape index (κ3) is 15.6. The SMILES string of the molecule is CCNC1COC(OC2C(OC3C#CC=CC#CC4(O)CC(=O)C(NC(=O)OC)=C3C4=CCSSSC)OC(C)C(NOC3CC(O)C(SC(=O)c4c(C)c(Br)c(OC5OC(C)C(O)C(OC)C5O)c(OC)c4OC)C(C)O3)C2O)CC1OC. The lowest BCUT2D eigenvalue weighted by Crippen LogP contribution is -2.65. The van der Waals surface area contributed by atoms with Crippen LogP contribution < -0.4 is 30.3 Å². The van der Waals surface area contributed by atoms with Crippen LogP contribution in [-0.4, -0.2) is 218 Å². The highest BCUT2D eigenvalue weighted by molar-refractivity contribution is 9.10. The van der Waals surface area contributed by atoms with E-state index in [0.717, 1.165) is 18.9 Å². The molecule has 24 nitrogen and oxygen atoms in total. The highest BCUT2D eigenvalue weighted by atomic mass is 79.9. The summed E-state index contributed by atoms with van der Waals surface area (Å²) >= 11 is 4.36. The average molecular weight is 1320 g/mol. The largest absolute Gasteiger partial charge is 0.492 e. The molecule has 4 saturated heterocycles. The number of Topliss-reactive ketones (excluding diaryl/α,β-unsaturated/α-hetero) is 1. The predicted molar refractivity (Wildman–Crippen MR) is 315 cm³/mol. The second-order valence-corrected chi connectivity index (χ2v) is 26.4. The molecule has 0 saturated carbocycles. The van der Waals surface area contributed by atoms with Crippen LogP contribution in [0.4, 0.5) is 4.79 Å². The zero-order valence-corrected chi connectivity index (χ0v) is 53.0. The lowest BCUT2D eigenvalue weighted by molar-refractivity contribution is -0.336. The number of halogens is 1. The van der Waals surface area contributed by atoms with Crippen LogP contribution in [0, 0.1) is 30.6 Å². The number of amides is 1. The minimum absolute atomic E-state index is 0.00142. The Morgan fingerprint density at radius 2 is 1.61 bits per heavy atom. The second-order valence-electron chi connectivity index (χ2n) is 20.1. The van der Waals surface area contributed by atoms with Gasteiger partial charge in [0, 0.05) is 44.0 Å². The molecule has 8 N–H and O–H groups in total. The number of ketones is 1. The number of alkyl carbamates (subject to hydrolysis) is 1. The van der Waals surface area contributed by atoms with Gasteiger partial charge in [0.1, 0.15) is 36.6 Å². The van der Waals surface area contributed by atoms with Gasteiger partial charge in [-0.1, -0.05) is 70.0 Å². The number of thioether (sulfide) groups is 1. The number of methoxy groups -OCH3 is 5. The molecular weight excluding hydrogens is 1250 g/mol.